The normalized spacial score (nSPS) is 11.8. The van der Waals surface area contributed by atoms with Crippen molar-refractivity contribution in [2.45, 2.75) is 79.7 Å². The second-order valence-electron chi connectivity index (χ2n) is 10.9. The van der Waals surface area contributed by atoms with E-state index in [4.69, 9.17) is 28.4 Å². The fourth-order valence-electron chi connectivity index (χ4n) is 3.33. The molecule has 0 fully saturated rings. The fraction of sp³-hybridized carbons (Fsp3) is 0.667. The van der Waals surface area contributed by atoms with E-state index in [0.717, 1.165) is 6.42 Å². The minimum atomic E-state index is -0.956. The van der Waals surface area contributed by atoms with E-state index in [1.165, 1.54) is 19.2 Å². The smallest absolute Gasteiger partial charge is 0.468 e. The highest BCUT2D eigenvalue weighted by Gasteiger charge is 2.22. The molecule has 11 heteroatoms. The number of carbonyl (C=O) groups is 4. The van der Waals surface area contributed by atoms with Crippen LogP contribution in [0.3, 0.4) is 0 Å². The third-order valence-corrected chi connectivity index (χ3v) is 5.83. The van der Waals surface area contributed by atoms with Crippen LogP contribution in [0.1, 0.15) is 72.8 Å². The van der Waals surface area contributed by atoms with Gasteiger partial charge in [-0.25, -0.2) is 9.59 Å². The second-order valence-corrected chi connectivity index (χ2v) is 10.9. The Balaban J connectivity index is 2.94. The van der Waals surface area contributed by atoms with Crippen molar-refractivity contribution < 1.29 is 47.6 Å². The van der Waals surface area contributed by atoms with Gasteiger partial charge >= 0.3 is 24.2 Å². The largest absolute Gasteiger partial charge is 0.513 e. The van der Waals surface area contributed by atoms with Gasteiger partial charge in [0.2, 0.25) is 0 Å². The summed E-state index contributed by atoms with van der Waals surface area (Å²) in [6, 6.07) is 3.76. The molecule has 0 bridgehead atoms. The van der Waals surface area contributed by atoms with Crippen molar-refractivity contribution in [2.75, 3.05) is 33.5 Å². The molecular weight excluding hydrogens is 534 g/mol. The number of methoxy groups -OCH3 is 1. The van der Waals surface area contributed by atoms with Crippen LogP contribution in [0.25, 0.3) is 0 Å². The van der Waals surface area contributed by atoms with Crippen molar-refractivity contribution in [2.24, 2.45) is 17.8 Å². The van der Waals surface area contributed by atoms with E-state index in [0.29, 0.717) is 42.6 Å². The van der Waals surface area contributed by atoms with E-state index in [1.807, 2.05) is 41.5 Å². The number of nitrogens with one attached hydrogen (secondary N) is 1. The Kier molecular flexibility index (Phi) is 17.1. The number of benzene rings is 1. The van der Waals surface area contributed by atoms with Crippen molar-refractivity contribution in [3.63, 3.8) is 0 Å². The lowest BCUT2D eigenvalue weighted by atomic mass is 10.1. The topological polar surface area (TPSA) is 136 Å². The minimum absolute atomic E-state index is 0.0417. The van der Waals surface area contributed by atoms with Gasteiger partial charge < -0.3 is 33.7 Å². The maximum absolute atomic E-state index is 12.4. The van der Waals surface area contributed by atoms with Crippen molar-refractivity contribution in [1.82, 2.24) is 5.32 Å². The summed E-state index contributed by atoms with van der Waals surface area (Å²) in [5.41, 5.74) is 0.576. The molecule has 0 aliphatic rings. The Hall–Kier alpha value is -3.34. The summed E-state index contributed by atoms with van der Waals surface area (Å²) in [5.74, 6) is 0.135. The zero-order chi connectivity index (χ0) is 30.8. The molecule has 1 aromatic rings. The maximum Gasteiger partial charge on any atom is 0.513 e. The first-order chi connectivity index (χ1) is 19.4. The Bertz CT molecular complexity index is 961. The van der Waals surface area contributed by atoms with E-state index in [9.17, 15) is 19.2 Å². The van der Waals surface area contributed by atoms with Crippen LogP contribution in [0.15, 0.2) is 18.2 Å². The molecule has 0 aromatic heterocycles. The number of rotatable bonds is 18. The average Bonchev–Trinajstić information content (AvgIpc) is 2.89. The van der Waals surface area contributed by atoms with Crippen LogP contribution in [0.4, 0.5) is 9.59 Å². The fourth-order valence-corrected chi connectivity index (χ4v) is 3.33. The van der Waals surface area contributed by atoms with E-state index in [2.05, 4.69) is 5.32 Å². The first-order valence-electron chi connectivity index (χ1n) is 14.2. The van der Waals surface area contributed by atoms with E-state index in [-0.39, 0.29) is 50.3 Å². The highest BCUT2D eigenvalue weighted by molar-refractivity contribution is 5.76. The summed E-state index contributed by atoms with van der Waals surface area (Å²) in [5, 5.41) is 3.03. The molecule has 1 rings (SSSR count). The highest BCUT2D eigenvalue weighted by atomic mass is 16.7. The van der Waals surface area contributed by atoms with Crippen molar-refractivity contribution in [3.8, 4) is 11.5 Å². The monoisotopic (exact) mass is 581 g/mol. The molecule has 0 heterocycles. The summed E-state index contributed by atoms with van der Waals surface area (Å²) >= 11 is 0. The predicted octanol–water partition coefficient (Wildman–Crippen LogP) is 5.46. The lowest BCUT2D eigenvalue weighted by Crippen LogP contribution is -2.41. The molecule has 0 radical (unpaired) electrons. The number of esters is 2. The van der Waals surface area contributed by atoms with Gasteiger partial charge in [-0.2, -0.15) is 0 Å². The van der Waals surface area contributed by atoms with E-state index >= 15 is 0 Å². The zero-order valence-corrected chi connectivity index (χ0v) is 25.5. The summed E-state index contributed by atoms with van der Waals surface area (Å²) < 4.78 is 31.0. The molecule has 0 aliphatic heterocycles. The van der Waals surface area contributed by atoms with Crippen LogP contribution in [0, 0.1) is 17.8 Å². The van der Waals surface area contributed by atoms with Gasteiger partial charge in [0.25, 0.3) is 0 Å². The van der Waals surface area contributed by atoms with Gasteiger partial charge in [-0.3, -0.25) is 9.59 Å². The molecule has 0 spiro atoms. The first-order valence-corrected chi connectivity index (χ1v) is 14.2. The van der Waals surface area contributed by atoms with Gasteiger partial charge in [0.05, 0.1) is 20.3 Å². The standard InChI is InChI=1S/C30H47NO10/c1-20(2)8-11-27(32)37-17-14-31-24(28(33)36-7)18-23-9-10-25(40-29(34)38-15-12-21(3)4)26(19-23)41-30(35)39-16-13-22(5)6/h9-10,19-22,24,31H,8,11-18H2,1-7H3/t24-/m0/s1. The molecule has 0 saturated carbocycles. The molecule has 1 aromatic carbocycles. The molecule has 232 valence electrons. The van der Waals surface area contributed by atoms with Crippen LogP contribution in [0.2, 0.25) is 0 Å². The summed E-state index contributed by atoms with van der Waals surface area (Å²) in [4.78, 5) is 48.8. The molecule has 11 nitrogen and oxygen atoms in total. The maximum atomic E-state index is 12.4. The number of hydrogen-bond donors (Lipinski definition) is 1. The van der Waals surface area contributed by atoms with Gasteiger partial charge in [-0.1, -0.05) is 47.6 Å². The number of hydrogen-bond acceptors (Lipinski definition) is 11. The third kappa shape index (κ3) is 16.5. The van der Waals surface area contributed by atoms with Gasteiger partial charge in [-0.05, 0) is 61.1 Å². The van der Waals surface area contributed by atoms with Gasteiger partial charge in [0.1, 0.15) is 12.6 Å². The van der Waals surface area contributed by atoms with Gasteiger partial charge in [0.15, 0.2) is 11.5 Å². The SMILES string of the molecule is COC(=O)[C@H](Cc1ccc(OC(=O)OCCC(C)C)c(OC(=O)OCCC(C)C)c1)NCCOC(=O)CCC(C)C. The highest BCUT2D eigenvalue weighted by Crippen LogP contribution is 2.30. The number of ether oxygens (including phenoxy) is 6. The second kappa shape index (κ2) is 19.7. The number of carbonyl (C=O) groups excluding carboxylic acids is 4. The molecule has 0 unspecified atom stereocenters. The molecule has 1 N–H and O–H groups in total. The molecule has 0 aliphatic carbocycles. The Morgan fingerprint density at radius 2 is 1.29 bits per heavy atom. The molecule has 1 atom stereocenters. The Morgan fingerprint density at radius 1 is 0.732 bits per heavy atom. The quantitative estimate of drug-likeness (QED) is 0.102. The van der Waals surface area contributed by atoms with Crippen LogP contribution in [0.5, 0.6) is 11.5 Å². The molecule has 41 heavy (non-hydrogen) atoms. The van der Waals surface area contributed by atoms with Gasteiger partial charge in [-0.15, -0.1) is 0 Å². The van der Waals surface area contributed by atoms with Crippen LogP contribution < -0.4 is 14.8 Å². The van der Waals surface area contributed by atoms with E-state index < -0.39 is 24.3 Å². The zero-order valence-electron chi connectivity index (χ0n) is 25.5. The molecule has 0 amide bonds. The van der Waals surface area contributed by atoms with E-state index in [1.54, 1.807) is 6.07 Å². The van der Waals surface area contributed by atoms with Crippen molar-refractivity contribution in [1.29, 1.82) is 0 Å². The minimum Gasteiger partial charge on any atom is -0.468 e. The summed E-state index contributed by atoms with van der Waals surface area (Å²) in [7, 11) is 1.27. The first kappa shape index (κ1) is 35.7. The van der Waals surface area contributed by atoms with Crippen molar-refractivity contribution in [3.05, 3.63) is 23.8 Å². The third-order valence-electron chi connectivity index (χ3n) is 5.83. The molecular formula is C30H47NO10. The van der Waals surface area contributed by atoms with Crippen LogP contribution in [-0.2, 0) is 35.0 Å². The Morgan fingerprint density at radius 3 is 1.83 bits per heavy atom. The van der Waals surface area contributed by atoms with Gasteiger partial charge in [0, 0.05) is 13.0 Å². The molecule has 0 saturated heterocycles. The summed E-state index contributed by atoms with van der Waals surface area (Å²) in [6.07, 6.45) is 0.643. The summed E-state index contributed by atoms with van der Waals surface area (Å²) in [6.45, 7) is 12.7. The lowest BCUT2D eigenvalue weighted by Gasteiger charge is -2.18. The Labute approximate surface area is 243 Å². The van der Waals surface area contributed by atoms with Crippen molar-refractivity contribution >= 4 is 24.2 Å². The predicted molar refractivity (Wildman–Crippen MR) is 152 cm³/mol. The van der Waals surface area contributed by atoms with Crippen LogP contribution in [-0.4, -0.2) is 63.8 Å². The lowest BCUT2D eigenvalue weighted by molar-refractivity contribution is -0.144. The average molecular weight is 582 g/mol. The van der Waals surface area contributed by atoms with Crippen LogP contribution >= 0.6 is 0 Å².